The molecule has 1 fully saturated rings. The molecular formula is C24H18ClN3O3. The summed E-state index contributed by atoms with van der Waals surface area (Å²) < 4.78 is 0. The Hall–Kier alpha value is -3.51. The van der Waals surface area contributed by atoms with E-state index < -0.39 is 5.92 Å². The van der Waals surface area contributed by atoms with Crippen molar-refractivity contribution in [3.05, 3.63) is 82.6 Å². The maximum atomic E-state index is 12.7. The summed E-state index contributed by atoms with van der Waals surface area (Å²) >= 11 is 6.69. The van der Waals surface area contributed by atoms with Gasteiger partial charge < -0.3 is 4.90 Å². The van der Waals surface area contributed by atoms with Gasteiger partial charge in [0.15, 0.2) is 0 Å². The minimum Gasteiger partial charge on any atom is -0.303 e. The number of imide groups is 1. The van der Waals surface area contributed by atoms with Gasteiger partial charge in [-0.05, 0) is 35.7 Å². The van der Waals surface area contributed by atoms with E-state index in [9.17, 15) is 14.4 Å². The Morgan fingerprint density at radius 3 is 2.55 bits per heavy atom. The van der Waals surface area contributed by atoms with Crippen LogP contribution in [0.5, 0.6) is 0 Å². The van der Waals surface area contributed by atoms with Crippen LogP contribution in [0.2, 0.25) is 5.02 Å². The normalized spacial score (nSPS) is 18.2. The molecule has 5 rings (SSSR count). The Labute approximate surface area is 183 Å². The van der Waals surface area contributed by atoms with Crippen molar-refractivity contribution in [1.82, 2.24) is 10.3 Å². The van der Waals surface area contributed by atoms with Gasteiger partial charge in [-0.25, -0.2) is 0 Å². The van der Waals surface area contributed by atoms with E-state index in [1.54, 1.807) is 11.1 Å². The van der Waals surface area contributed by atoms with Gasteiger partial charge in [-0.1, -0.05) is 48.0 Å². The van der Waals surface area contributed by atoms with Crippen LogP contribution in [0.3, 0.4) is 0 Å². The molecule has 3 heterocycles. The van der Waals surface area contributed by atoms with E-state index in [-0.39, 0.29) is 17.7 Å². The third kappa shape index (κ3) is 3.39. The van der Waals surface area contributed by atoms with Crippen molar-refractivity contribution in [2.75, 3.05) is 4.90 Å². The number of aromatic nitrogens is 1. The lowest BCUT2D eigenvalue weighted by molar-refractivity contribution is -0.134. The summed E-state index contributed by atoms with van der Waals surface area (Å²) in [6.07, 6.45) is 2.37. The van der Waals surface area contributed by atoms with Gasteiger partial charge in [-0.2, -0.15) is 0 Å². The van der Waals surface area contributed by atoms with Crippen LogP contribution in [0.25, 0.3) is 11.1 Å². The second-order valence-corrected chi connectivity index (χ2v) is 8.04. The van der Waals surface area contributed by atoms with Gasteiger partial charge >= 0.3 is 0 Å². The lowest BCUT2D eigenvalue weighted by Gasteiger charge is -2.23. The fraction of sp³-hybridized carbons (Fsp3) is 0.167. The van der Waals surface area contributed by atoms with Crippen molar-refractivity contribution in [1.29, 1.82) is 0 Å². The molecule has 1 atom stereocenters. The van der Waals surface area contributed by atoms with E-state index >= 15 is 0 Å². The van der Waals surface area contributed by atoms with Crippen LogP contribution in [0.1, 0.15) is 40.4 Å². The topological polar surface area (TPSA) is 79.4 Å². The highest BCUT2D eigenvalue weighted by Crippen LogP contribution is 2.38. The molecule has 1 aromatic heterocycles. The zero-order chi connectivity index (χ0) is 21.5. The molecule has 2 aromatic carbocycles. The molecule has 3 amide bonds. The average molecular weight is 432 g/mol. The Morgan fingerprint density at radius 2 is 1.81 bits per heavy atom. The number of hydrogen-bond acceptors (Lipinski definition) is 4. The van der Waals surface area contributed by atoms with E-state index in [0.29, 0.717) is 35.7 Å². The van der Waals surface area contributed by atoms with Crippen LogP contribution in [0.4, 0.5) is 5.69 Å². The zero-order valence-corrected chi connectivity index (χ0v) is 17.2. The number of rotatable bonds is 3. The summed E-state index contributed by atoms with van der Waals surface area (Å²) in [6, 6.07) is 16.9. The monoisotopic (exact) mass is 431 g/mol. The van der Waals surface area contributed by atoms with Gasteiger partial charge in [0.2, 0.25) is 11.8 Å². The molecule has 0 aliphatic carbocycles. The summed E-state index contributed by atoms with van der Waals surface area (Å²) in [6.45, 7) is 0.493. The van der Waals surface area contributed by atoms with Crippen LogP contribution in [0, 0.1) is 0 Å². The second-order valence-electron chi connectivity index (χ2n) is 7.66. The number of carbonyl (C=O) groups is 3. The fourth-order valence-corrected chi connectivity index (χ4v) is 4.56. The number of fused-ring (bicyclic) bond motifs is 1. The van der Waals surface area contributed by atoms with Gasteiger partial charge in [-0.3, -0.25) is 24.7 Å². The van der Waals surface area contributed by atoms with E-state index in [1.807, 2.05) is 54.6 Å². The maximum Gasteiger partial charge on any atom is 0.277 e. The van der Waals surface area contributed by atoms with Crippen molar-refractivity contribution in [2.24, 2.45) is 0 Å². The lowest BCUT2D eigenvalue weighted by atomic mass is 9.88. The summed E-state index contributed by atoms with van der Waals surface area (Å²) in [7, 11) is 0. The Morgan fingerprint density at radius 1 is 1.00 bits per heavy atom. The predicted molar refractivity (Wildman–Crippen MR) is 117 cm³/mol. The number of benzene rings is 2. The number of carbonyl (C=O) groups excluding carboxylic acids is 3. The number of halogens is 1. The molecule has 0 radical (unpaired) electrons. The molecule has 3 aromatic rings. The standard InChI is InChI=1S/C24H18ClN3O3/c25-21-17(4-1-5-18(21)19-10-11-20(29)27-23(19)30)14-6-8-16(9-7-14)28-13-15-3-2-12-26-22(15)24(28)31/h1-9,12,19H,10-11,13H2,(H,27,29,30). The number of piperidine rings is 1. The quantitative estimate of drug-likeness (QED) is 0.633. The molecular weight excluding hydrogens is 414 g/mol. The third-order valence-electron chi connectivity index (χ3n) is 5.80. The van der Waals surface area contributed by atoms with Crippen LogP contribution < -0.4 is 10.2 Å². The minimum absolute atomic E-state index is 0.110. The van der Waals surface area contributed by atoms with Crippen LogP contribution in [0.15, 0.2) is 60.8 Å². The first kappa shape index (κ1) is 19.5. The SMILES string of the molecule is O=C1CCC(c2cccc(-c3ccc(N4Cc5cccnc5C4=O)cc3)c2Cl)C(=O)N1. The highest BCUT2D eigenvalue weighted by atomic mass is 35.5. The molecule has 1 unspecified atom stereocenters. The Bertz CT molecular complexity index is 1220. The van der Waals surface area contributed by atoms with Gasteiger partial charge in [-0.15, -0.1) is 0 Å². The highest BCUT2D eigenvalue weighted by molar-refractivity contribution is 6.34. The zero-order valence-electron chi connectivity index (χ0n) is 16.5. The average Bonchev–Trinajstić information content (AvgIpc) is 3.11. The minimum atomic E-state index is -0.447. The molecule has 1 saturated heterocycles. The van der Waals surface area contributed by atoms with E-state index in [1.165, 1.54) is 0 Å². The smallest absolute Gasteiger partial charge is 0.277 e. The Kier molecular flexibility index (Phi) is 4.79. The number of nitrogens with zero attached hydrogens (tertiary/aromatic N) is 2. The number of anilines is 1. The molecule has 1 N–H and O–H groups in total. The first-order chi connectivity index (χ1) is 15.0. The first-order valence-electron chi connectivity index (χ1n) is 10.0. The molecule has 0 bridgehead atoms. The third-order valence-corrected chi connectivity index (χ3v) is 6.22. The van der Waals surface area contributed by atoms with Gasteiger partial charge in [0.25, 0.3) is 5.91 Å². The number of hydrogen-bond donors (Lipinski definition) is 1. The molecule has 0 spiro atoms. The van der Waals surface area contributed by atoms with Crippen molar-refractivity contribution >= 4 is 35.0 Å². The van der Waals surface area contributed by atoms with Crippen molar-refractivity contribution < 1.29 is 14.4 Å². The maximum absolute atomic E-state index is 12.7. The van der Waals surface area contributed by atoms with Crippen LogP contribution >= 0.6 is 11.6 Å². The molecule has 6 nitrogen and oxygen atoms in total. The van der Waals surface area contributed by atoms with E-state index in [4.69, 9.17) is 11.6 Å². The van der Waals surface area contributed by atoms with E-state index in [0.717, 1.165) is 22.4 Å². The molecule has 0 saturated carbocycles. The largest absolute Gasteiger partial charge is 0.303 e. The summed E-state index contributed by atoms with van der Waals surface area (Å²) in [4.78, 5) is 42.3. The number of amides is 3. The van der Waals surface area contributed by atoms with Gasteiger partial charge in [0.1, 0.15) is 5.69 Å². The van der Waals surface area contributed by atoms with Crippen molar-refractivity contribution in [2.45, 2.75) is 25.3 Å². The van der Waals surface area contributed by atoms with Crippen LogP contribution in [-0.4, -0.2) is 22.7 Å². The van der Waals surface area contributed by atoms with E-state index in [2.05, 4.69) is 10.3 Å². The summed E-state index contributed by atoms with van der Waals surface area (Å²) in [5, 5.41) is 2.88. The van der Waals surface area contributed by atoms with Crippen LogP contribution in [-0.2, 0) is 16.1 Å². The molecule has 31 heavy (non-hydrogen) atoms. The predicted octanol–water partition coefficient (Wildman–Crippen LogP) is 4.08. The lowest BCUT2D eigenvalue weighted by Crippen LogP contribution is -2.39. The molecule has 7 heteroatoms. The summed E-state index contributed by atoms with van der Waals surface area (Å²) in [5.74, 6) is -1.12. The van der Waals surface area contributed by atoms with Crippen molar-refractivity contribution in [3.63, 3.8) is 0 Å². The molecule has 2 aliphatic rings. The van der Waals surface area contributed by atoms with Gasteiger partial charge in [0, 0.05) is 29.4 Å². The first-order valence-corrected chi connectivity index (χ1v) is 10.4. The molecule has 154 valence electrons. The number of pyridine rings is 1. The number of nitrogens with one attached hydrogen (secondary N) is 1. The summed E-state index contributed by atoms with van der Waals surface area (Å²) in [5.41, 5.74) is 4.58. The van der Waals surface area contributed by atoms with Crippen molar-refractivity contribution in [3.8, 4) is 11.1 Å². The second kappa shape index (κ2) is 7.63. The fourth-order valence-electron chi connectivity index (χ4n) is 4.19. The Balaban J connectivity index is 1.43. The highest BCUT2D eigenvalue weighted by Gasteiger charge is 2.31. The van der Waals surface area contributed by atoms with Gasteiger partial charge in [0.05, 0.1) is 17.5 Å². The molecule has 2 aliphatic heterocycles.